The lowest BCUT2D eigenvalue weighted by Crippen LogP contribution is -2.51. The molecule has 2 fully saturated rings. The van der Waals surface area contributed by atoms with Gasteiger partial charge < -0.3 is 20.1 Å². The average molecular weight is 409 g/mol. The fourth-order valence-corrected chi connectivity index (χ4v) is 4.92. The van der Waals surface area contributed by atoms with Crippen LogP contribution in [-0.2, 0) is 11.3 Å². The Hall–Kier alpha value is -2.37. The van der Waals surface area contributed by atoms with E-state index < -0.39 is 0 Å². The molecule has 1 saturated carbocycles. The molecule has 4 rings (SSSR count). The number of amides is 1. The average Bonchev–Trinajstić information content (AvgIpc) is 2.75. The van der Waals surface area contributed by atoms with Gasteiger partial charge in [-0.15, -0.1) is 0 Å². The Morgan fingerprint density at radius 3 is 2.67 bits per heavy atom. The first-order valence-corrected chi connectivity index (χ1v) is 11.0. The summed E-state index contributed by atoms with van der Waals surface area (Å²) in [6, 6.07) is 15.3. The van der Waals surface area contributed by atoms with Gasteiger partial charge in [0.15, 0.2) is 0 Å². The number of rotatable bonds is 5. The summed E-state index contributed by atoms with van der Waals surface area (Å²) in [4.78, 5) is 14.9. The summed E-state index contributed by atoms with van der Waals surface area (Å²) in [5.41, 5.74) is 2.68. The van der Waals surface area contributed by atoms with E-state index in [1.165, 1.54) is 12.8 Å². The van der Waals surface area contributed by atoms with Crippen LogP contribution in [0.5, 0.6) is 5.75 Å². The predicted octanol–water partition coefficient (Wildman–Crippen LogP) is 4.27. The number of nitrogens with zero attached hydrogens (tertiary/aromatic N) is 1. The molecule has 160 valence electrons. The number of carbonyl (C=O) groups excluding carboxylic acids is 1. The molecule has 5 heteroatoms. The highest BCUT2D eigenvalue weighted by molar-refractivity contribution is 5.94. The van der Waals surface area contributed by atoms with Crippen molar-refractivity contribution in [3.63, 3.8) is 0 Å². The molecule has 2 aromatic rings. The topological polar surface area (TPSA) is 61.8 Å². The monoisotopic (exact) mass is 408 g/mol. The molecule has 1 heterocycles. The molecule has 2 aromatic carbocycles. The maximum absolute atomic E-state index is 12.9. The summed E-state index contributed by atoms with van der Waals surface area (Å²) >= 11 is 0. The van der Waals surface area contributed by atoms with Crippen LogP contribution in [-0.4, -0.2) is 42.2 Å². The van der Waals surface area contributed by atoms with Crippen LogP contribution in [0.15, 0.2) is 48.5 Å². The Labute approximate surface area is 179 Å². The summed E-state index contributed by atoms with van der Waals surface area (Å²) in [7, 11) is 3.98. The zero-order valence-corrected chi connectivity index (χ0v) is 17.9. The molecule has 1 amide bonds. The molecule has 0 aromatic heterocycles. The lowest BCUT2D eigenvalue weighted by Gasteiger charge is -2.45. The van der Waals surface area contributed by atoms with E-state index >= 15 is 0 Å². The van der Waals surface area contributed by atoms with Crippen molar-refractivity contribution in [2.45, 2.75) is 56.9 Å². The largest absolute Gasteiger partial charge is 0.508 e. The first-order chi connectivity index (χ1) is 14.5. The van der Waals surface area contributed by atoms with Crippen molar-refractivity contribution >= 4 is 5.91 Å². The number of carbonyl (C=O) groups is 1. The molecule has 0 bridgehead atoms. The van der Waals surface area contributed by atoms with Crippen LogP contribution in [0.25, 0.3) is 0 Å². The summed E-state index contributed by atoms with van der Waals surface area (Å²) in [5, 5.41) is 13.6. The van der Waals surface area contributed by atoms with E-state index in [4.69, 9.17) is 4.74 Å². The van der Waals surface area contributed by atoms with Crippen molar-refractivity contribution in [2.24, 2.45) is 5.92 Å². The van der Waals surface area contributed by atoms with Crippen molar-refractivity contribution in [1.29, 1.82) is 0 Å². The van der Waals surface area contributed by atoms with Gasteiger partial charge in [-0.25, -0.2) is 0 Å². The van der Waals surface area contributed by atoms with E-state index in [1.807, 2.05) is 55.4 Å². The van der Waals surface area contributed by atoms with Gasteiger partial charge in [0.25, 0.3) is 5.91 Å². The third kappa shape index (κ3) is 4.68. The van der Waals surface area contributed by atoms with Gasteiger partial charge in [0.05, 0.1) is 12.2 Å². The van der Waals surface area contributed by atoms with Gasteiger partial charge >= 0.3 is 0 Å². The molecule has 2 aliphatic rings. The van der Waals surface area contributed by atoms with E-state index in [2.05, 4.69) is 11.4 Å². The molecule has 30 heavy (non-hydrogen) atoms. The first-order valence-electron chi connectivity index (χ1n) is 11.0. The minimum Gasteiger partial charge on any atom is -0.508 e. The van der Waals surface area contributed by atoms with Gasteiger partial charge in [-0.05, 0) is 63.2 Å². The lowest BCUT2D eigenvalue weighted by molar-refractivity contribution is -0.113. The molecular weight excluding hydrogens is 376 g/mol. The molecule has 1 aliphatic heterocycles. The minimum atomic E-state index is -0.0769. The zero-order valence-electron chi connectivity index (χ0n) is 17.9. The zero-order chi connectivity index (χ0) is 21.1. The van der Waals surface area contributed by atoms with Gasteiger partial charge in [-0.1, -0.05) is 37.1 Å². The Morgan fingerprint density at radius 1 is 1.13 bits per heavy atom. The second-order valence-corrected chi connectivity index (χ2v) is 8.92. The van der Waals surface area contributed by atoms with E-state index in [0.717, 1.165) is 30.4 Å². The second-order valence-electron chi connectivity index (χ2n) is 8.92. The SMILES string of the molecule is CN(C)Cc1cc([C@H]2C[C@@H](NC(=O)c3ccccc3)[C@@H]3CCCC[C@H]3O2)ccc1O. The normalized spacial score (nSPS) is 26.2. The van der Waals surface area contributed by atoms with Crippen LogP contribution < -0.4 is 5.32 Å². The van der Waals surface area contributed by atoms with Crippen LogP contribution in [0.3, 0.4) is 0 Å². The van der Waals surface area contributed by atoms with E-state index in [0.29, 0.717) is 23.8 Å². The van der Waals surface area contributed by atoms with E-state index in [-0.39, 0.29) is 24.2 Å². The number of hydrogen-bond acceptors (Lipinski definition) is 4. The number of phenols is 1. The standard InChI is InChI=1S/C25H32N2O3/c1-27(2)16-19-14-18(12-13-22(19)28)24-15-21(20-10-6-7-11-23(20)30-24)26-25(29)17-8-4-3-5-9-17/h3-5,8-9,12-14,20-21,23-24,28H,6-7,10-11,15-16H2,1-2H3,(H,26,29)/t20-,21+,23+,24+/m0/s1. The number of hydrogen-bond donors (Lipinski definition) is 2. The van der Waals surface area contributed by atoms with Crippen LogP contribution >= 0.6 is 0 Å². The highest BCUT2D eigenvalue weighted by atomic mass is 16.5. The van der Waals surface area contributed by atoms with Crippen molar-refractivity contribution in [3.8, 4) is 5.75 Å². The maximum Gasteiger partial charge on any atom is 0.251 e. The Kier molecular flexibility index (Phi) is 6.40. The Balaban J connectivity index is 1.56. The van der Waals surface area contributed by atoms with Crippen LogP contribution in [0.4, 0.5) is 0 Å². The van der Waals surface area contributed by atoms with Crippen molar-refractivity contribution < 1.29 is 14.6 Å². The second kappa shape index (κ2) is 9.19. The number of aromatic hydroxyl groups is 1. The summed E-state index contributed by atoms with van der Waals surface area (Å²) < 4.78 is 6.55. The van der Waals surface area contributed by atoms with E-state index in [1.54, 1.807) is 6.07 Å². The molecule has 4 atom stereocenters. The number of ether oxygens (including phenoxy) is 1. The smallest absolute Gasteiger partial charge is 0.251 e. The summed E-state index contributed by atoms with van der Waals surface area (Å²) in [6.07, 6.45) is 5.36. The fraction of sp³-hybridized carbons (Fsp3) is 0.480. The van der Waals surface area contributed by atoms with Gasteiger partial charge in [-0.3, -0.25) is 4.79 Å². The van der Waals surface area contributed by atoms with Crippen molar-refractivity contribution in [1.82, 2.24) is 10.2 Å². The quantitative estimate of drug-likeness (QED) is 0.776. The van der Waals surface area contributed by atoms with Gasteiger partial charge in [0.1, 0.15) is 5.75 Å². The molecule has 2 N–H and O–H groups in total. The molecule has 0 radical (unpaired) electrons. The third-order valence-electron chi connectivity index (χ3n) is 6.39. The predicted molar refractivity (Wildman–Crippen MR) is 117 cm³/mol. The van der Waals surface area contributed by atoms with Gasteiger partial charge in [-0.2, -0.15) is 0 Å². The first kappa shape index (κ1) is 20.9. The number of nitrogens with one attached hydrogen (secondary N) is 1. The molecule has 1 saturated heterocycles. The maximum atomic E-state index is 12.9. The van der Waals surface area contributed by atoms with Crippen LogP contribution in [0, 0.1) is 5.92 Å². The van der Waals surface area contributed by atoms with Gasteiger partial charge in [0, 0.05) is 29.6 Å². The third-order valence-corrected chi connectivity index (χ3v) is 6.39. The molecule has 5 nitrogen and oxygen atoms in total. The van der Waals surface area contributed by atoms with Crippen molar-refractivity contribution in [3.05, 3.63) is 65.2 Å². The van der Waals surface area contributed by atoms with Crippen LogP contribution in [0.1, 0.15) is 59.7 Å². The lowest BCUT2D eigenvalue weighted by atomic mass is 9.76. The molecular formula is C25H32N2O3. The van der Waals surface area contributed by atoms with Crippen LogP contribution in [0.2, 0.25) is 0 Å². The minimum absolute atomic E-state index is 0.00965. The summed E-state index contributed by atoms with van der Waals surface area (Å²) in [5.74, 6) is 0.665. The Bertz CT molecular complexity index is 868. The van der Waals surface area contributed by atoms with Crippen molar-refractivity contribution in [2.75, 3.05) is 14.1 Å². The highest BCUT2D eigenvalue weighted by Crippen LogP contribution is 2.42. The fourth-order valence-electron chi connectivity index (χ4n) is 4.92. The van der Waals surface area contributed by atoms with E-state index in [9.17, 15) is 9.90 Å². The number of fused-ring (bicyclic) bond motifs is 1. The molecule has 0 unspecified atom stereocenters. The van der Waals surface area contributed by atoms with Gasteiger partial charge in [0.2, 0.25) is 0 Å². The number of phenolic OH excluding ortho intramolecular Hbond substituents is 1. The Morgan fingerprint density at radius 2 is 1.90 bits per heavy atom. The highest BCUT2D eigenvalue weighted by Gasteiger charge is 2.41. The molecule has 1 aliphatic carbocycles. The molecule has 0 spiro atoms. The summed E-state index contributed by atoms with van der Waals surface area (Å²) in [6.45, 7) is 0.673. The number of benzene rings is 2.